The largest absolute Gasteiger partial charge is 0.382 e. The molecule has 0 amide bonds. The molecule has 0 spiro atoms. The van der Waals surface area contributed by atoms with Gasteiger partial charge in [-0.25, -0.2) is 0 Å². The van der Waals surface area contributed by atoms with Crippen LogP contribution in [0, 0.1) is 0 Å². The first-order valence-electron chi connectivity index (χ1n) is 4.02. The van der Waals surface area contributed by atoms with Crippen LogP contribution < -0.4 is 10.2 Å². The fourth-order valence-corrected chi connectivity index (χ4v) is 1.82. The van der Waals surface area contributed by atoms with Gasteiger partial charge in [-0.05, 0) is 18.2 Å². The van der Waals surface area contributed by atoms with Gasteiger partial charge in [-0.1, -0.05) is 15.9 Å². The van der Waals surface area contributed by atoms with Crippen molar-refractivity contribution >= 4 is 39.7 Å². The molecule has 0 saturated heterocycles. The van der Waals surface area contributed by atoms with Gasteiger partial charge in [-0.15, -0.1) is 12.4 Å². The predicted molar refractivity (Wildman–Crippen MR) is 63.1 cm³/mol. The summed E-state index contributed by atoms with van der Waals surface area (Å²) in [4.78, 5) is 2.26. The summed E-state index contributed by atoms with van der Waals surface area (Å²) in [6.45, 7) is 2.11. The number of halogens is 2. The van der Waals surface area contributed by atoms with Crippen LogP contribution in [0.1, 0.15) is 0 Å². The second kappa shape index (κ2) is 4.20. The molecule has 0 aromatic heterocycles. The minimum absolute atomic E-state index is 0. The standard InChI is InChI=1S/C9H11BrN2.ClH/c1-12-5-4-11-8-6-7(10)2-3-9(8)12;/h2-3,6,11H,4-5H2,1H3;1H. The van der Waals surface area contributed by atoms with Crippen molar-refractivity contribution in [3.05, 3.63) is 22.7 Å². The molecule has 4 heteroatoms. The normalized spacial score (nSPS) is 14.2. The van der Waals surface area contributed by atoms with Crippen molar-refractivity contribution in [1.82, 2.24) is 0 Å². The van der Waals surface area contributed by atoms with Crippen LogP contribution in [0.4, 0.5) is 11.4 Å². The molecule has 2 nitrogen and oxygen atoms in total. The predicted octanol–water partition coefficient (Wildman–Crippen LogP) is 2.73. The Morgan fingerprint density at radius 3 is 3.00 bits per heavy atom. The van der Waals surface area contributed by atoms with Gasteiger partial charge in [0.1, 0.15) is 0 Å². The van der Waals surface area contributed by atoms with Gasteiger partial charge < -0.3 is 10.2 Å². The summed E-state index contributed by atoms with van der Waals surface area (Å²) in [5, 5.41) is 3.36. The number of likely N-dealkylation sites (N-methyl/N-ethyl adjacent to an activating group) is 1. The second-order valence-electron chi connectivity index (χ2n) is 3.01. The van der Waals surface area contributed by atoms with Crippen molar-refractivity contribution in [2.45, 2.75) is 0 Å². The van der Waals surface area contributed by atoms with Crippen LogP contribution in [-0.4, -0.2) is 20.1 Å². The second-order valence-corrected chi connectivity index (χ2v) is 3.93. The SMILES string of the molecule is CN1CCNc2cc(Br)ccc21.Cl. The zero-order valence-corrected chi connectivity index (χ0v) is 9.78. The van der Waals surface area contributed by atoms with E-state index in [-0.39, 0.29) is 12.4 Å². The van der Waals surface area contributed by atoms with E-state index in [9.17, 15) is 0 Å². The number of fused-ring (bicyclic) bond motifs is 1. The molecule has 1 aliphatic rings. The molecular weight excluding hydrogens is 251 g/mol. The number of nitrogens with zero attached hydrogens (tertiary/aromatic N) is 1. The first kappa shape index (κ1) is 10.7. The Labute approximate surface area is 92.9 Å². The van der Waals surface area contributed by atoms with E-state index in [1.807, 2.05) is 0 Å². The molecule has 72 valence electrons. The maximum absolute atomic E-state index is 3.45. The first-order valence-corrected chi connectivity index (χ1v) is 4.81. The Hall–Kier alpha value is -0.410. The third-order valence-electron chi connectivity index (χ3n) is 2.13. The Morgan fingerprint density at radius 2 is 2.23 bits per heavy atom. The smallest absolute Gasteiger partial charge is 0.0600 e. The average molecular weight is 264 g/mol. The summed E-state index contributed by atoms with van der Waals surface area (Å²) in [7, 11) is 2.12. The van der Waals surface area contributed by atoms with Crippen molar-refractivity contribution in [3.8, 4) is 0 Å². The maximum Gasteiger partial charge on any atom is 0.0600 e. The topological polar surface area (TPSA) is 15.3 Å². The summed E-state index contributed by atoms with van der Waals surface area (Å²) >= 11 is 3.45. The molecule has 0 aliphatic carbocycles. The number of benzene rings is 1. The van der Waals surface area contributed by atoms with Gasteiger partial charge in [0.15, 0.2) is 0 Å². The van der Waals surface area contributed by atoms with Crippen LogP contribution in [0.2, 0.25) is 0 Å². The lowest BCUT2D eigenvalue weighted by Gasteiger charge is -2.28. The van der Waals surface area contributed by atoms with Crippen LogP contribution >= 0.6 is 28.3 Å². The first-order chi connectivity index (χ1) is 5.77. The Balaban J connectivity index is 0.000000845. The summed E-state index contributed by atoms with van der Waals surface area (Å²) in [6.07, 6.45) is 0. The van der Waals surface area contributed by atoms with Crippen LogP contribution in [-0.2, 0) is 0 Å². The fourth-order valence-electron chi connectivity index (χ4n) is 1.46. The van der Waals surface area contributed by atoms with Crippen molar-refractivity contribution in [3.63, 3.8) is 0 Å². The van der Waals surface area contributed by atoms with Crippen molar-refractivity contribution in [1.29, 1.82) is 0 Å². The molecule has 0 saturated carbocycles. The van der Waals surface area contributed by atoms with E-state index in [2.05, 4.69) is 51.4 Å². The molecular formula is C9H12BrClN2. The highest BCUT2D eigenvalue weighted by molar-refractivity contribution is 9.10. The quantitative estimate of drug-likeness (QED) is 0.774. The van der Waals surface area contributed by atoms with E-state index < -0.39 is 0 Å². The lowest BCUT2D eigenvalue weighted by atomic mass is 10.2. The summed E-state index contributed by atoms with van der Waals surface area (Å²) in [5.74, 6) is 0. The highest BCUT2D eigenvalue weighted by Gasteiger charge is 2.11. The van der Waals surface area contributed by atoms with Gasteiger partial charge in [0.25, 0.3) is 0 Å². The molecule has 0 atom stereocenters. The zero-order chi connectivity index (χ0) is 8.55. The molecule has 0 unspecified atom stereocenters. The van der Waals surface area contributed by atoms with Gasteiger partial charge >= 0.3 is 0 Å². The number of hydrogen-bond acceptors (Lipinski definition) is 2. The average Bonchev–Trinajstić information content (AvgIpc) is 2.04. The third-order valence-corrected chi connectivity index (χ3v) is 2.63. The molecule has 1 heterocycles. The molecule has 1 N–H and O–H groups in total. The minimum atomic E-state index is 0. The number of hydrogen-bond donors (Lipinski definition) is 1. The van der Waals surface area contributed by atoms with Crippen LogP contribution in [0.15, 0.2) is 22.7 Å². The summed E-state index contributed by atoms with van der Waals surface area (Å²) in [5.41, 5.74) is 2.50. The highest BCUT2D eigenvalue weighted by atomic mass is 79.9. The monoisotopic (exact) mass is 262 g/mol. The molecule has 1 aromatic rings. The van der Waals surface area contributed by atoms with Gasteiger partial charge in [0.2, 0.25) is 0 Å². The molecule has 0 fully saturated rings. The summed E-state index contributed by atoms with van der Waals surface area (Å²) < 4.78 is 1.13. The van der Waals surface area contributed by atoms with Crippen molar-refractivity contribution in [2.24, 2.45) is 0 Å². The lowest BCUT2D eigenvalue weighted by molar-refractivity contribution is 0.886. The van der Waals surface area contributed by atoms with Gasteiger partial charge in [-0.3, -0.25) is 0 Å². The van der Waals surface area contributed by atoms with Crippen molar-refractivity contribution < 1.29 is 0 Å². The fraction of sp³-hybridized carbons (Fsp3) is 0.333. The van der Waals surface area contributed by atoms with E-state index in [1.165, 1.54) is 11.4 Å². The highest BCUT2D eigenvalue weighted by Crippen LogP contribution is 2.30. The van der Waals surface area contributed by atoms with E-state index in [1.54, 1.807) is 0 Å². The minimum Gasteiger partial charge on any atom is -0.382 e. The molecule has 2 rings (SSSR count). The van der Waals surface area contributed by atoms with E-state index in [0.29, 0.717) is 0 Å². The number of anilines is 2. The van der Waals surface area contributed by atoms with Gasteiger partial charge in [0, 0.05) is 24.6 Å². The van der Waals surface area contributed by atoms with Crippen molar-refractivity contribution in [2.75, 3.05) is 30.4 Å². The third kappa shape index (κ3) is 2.09. The van der Waals surface area contributed by atoms with E-state index in [4.69, 9.17) is 0 Å². The van der Waals surface area contributed by atoms with Crippen LogP contribution in [0.5, 0.6) is 0 Å². The Kier molecular flexibility index (Phi) is 3.45. The van der Waals surface area contributed by atoms with Crippen LogP contribution in [0.25, 0.3) is 0 Å². The lowest BCUT2D eigenvalue weighted by Crippen LogP contribution is -2.30. The number of rotatable bonds is 0. The van der Waals surface area contributed by atoms with E-state index in [0.717, 1.165) is 17.6 Å². The number of nitrogens with one attached hydrogen (secondary N) is 1. The maximum atomic E-state index is 3.45. The Morgan fingerprint density at radius 1 is 1.46 bits per heavy atom. The van der Waals surface area contributed by atoms with Crippen LogP contribution in [0.3, 0.4) is 0 Å². The molecule has 1 aromatic carbocycles. The summed E-state index contributed by atoms with van der Waals surface area (Å²) in [6, 6.07) is 6.32. The van der Waals surface area contributed by atoms with E-state index >= 15 is 0 Å². The molecule has 13 heavy (non-hydrogen) atoms. The molecule has 0 bridgehead atoms. The molecule has 1 aliphatic heterocycles. The van der Waals surface area contributed by atoms with Gasteiger partial charge in [-0.2, -0.15) is 0 Å². The van der Waals surface area contributed by atoms with Gasteiger partial charge in [0.05, 0.1) is 11.4 Å². The Bertz CT molecular complexity index is 304. The zero-order valence-electron chi connectivity index (χ0n) is 7.38. The molecule has 0 radical (unpaired) electrons.